The zero-order valence-corrected chi connectivity index (χ0v) is 17.7. The normalized spacial score (nSPS) is 11.7. The van der Waals surface area contributed by atoms with Gasteiger partial charge in [0.15, 0.2) is 0 Å². The van der Waals surface area contributed by atoms with Crippen LogP contribution in [0.15, 0.2) is 66.7 Å². The molecule has 0 bridgehead atoms. The third-order valence-electron chi connectivity index (χ3n) is 4.75. The van der Waals surface area contributed by atoms with Crippen LogP contribution in [-0.4, -0.2) is 21.6 Å². The second-order valence-electron chi connectivity index (χ2n) is 7.57. The van der Waals surface area contributed by atoms with Crippen molar-refractivity contribution in [2.45, 2.75) is 26.1 Å². The quantitative estimate of drug-likeness (QED) is 0.362. The molecular formula is C24H19F4N3O2. The summed E-state index contributed by atoms with van der Waals surface area (Å²) in [6, 6.07) is 15.8. The van der Waals surface area contributed by atoms with Gasteiger partial charge in [0.25, 0.3) is 5.91 Å². The highest BCUT2D eigenvalue weighted by atomic mass is 19.4. The van der Waals surface area contributed by atoms with Gasteiger partial charge in [-0.25, -0.2) is 9.37 Å². The lowest BCUT2D eigenvalue weighted by Crippen LogP contribution is -2.15. The molecule has 3 aromatic carbocycles. The second kappa shape index (κ2) is 8.57. The van der Waals surface area contributed by atoms with E-state index in [1.165, 1.54) is 60.7 Å². The minimum absolute atomic E-state index is 0.136. The van der Waals surface area contributed by atoms with Gasteiger partial charge >= 0.3 is 6.18 Å². The fourth-order valence-electron chi connectivity index (χ4n) is 3.39. The van der Waals surface area contributed by atoms with E-state index in [1.807, 2.05) is 13.8 Å². The van der Waals surface area contributed by atoms with Crippen LogP contribution in [0.3, 0.4) is 0 Å². The van der Waals surface area contributed by atoms with Crippen LogP contribution in [0.4, 0.5) is 23.2 Å². The molecule has 9 heteroatoms. The van der Waals surface area contributed by atoms with Crippen molar-refractivity contribution >= 4 is 22.6 Å². The van der Waals surface area contributed by atoms with Gasteiger partial charge < -0.3 is 10.1 Å². The summed E-state index contributed by atoms with van der Waals surface area (Å²) in [5, 5.41) is 2.54. The van der Waals surface area contributed by atoms with Gasteiger partial charge in [0.05, 0.1) is 22.7 Å². The Morgan fingerprint density at radius 1 is 1.03 bits per heavy atom. The Balaban J connectivity index is 1.69. The van der Waals surface area contributed by atoms with Gasteiger partial charge in [0.2, 0.25) is 5.82 Å². The first kappa shape index (κ1) is 22.3. The molecule has 0 radical (unpaired) electrons. The van der Waals surface area contributed by atoms with Crippen LogP contribution in [-0.2, 0) is 6.18 Å². The molecule has 33 heavy (non-hydrogen) atoms. The number of alkyl halides is 3. The van der Waals surface area contributed by atoms with E-state index in [1.54, 1.807) is 6.07 Å². The van der Waals surface area contributed by atoms with Crippen LogP contribution < -0.4 is 10.1 Å². The number of hydrogen-bond donors (Lipinski definition) is 1. The summed E-state index contributed by atoms with van der Waals surface area (Å²) in [6.45, 7) is 3.63. The van der Waals surface area contributed by atoms with Crippen LogP contribution in [0.2, 0.25) is 0 Å². The topological polar surface area (TPSA) is 56.1 Å². The number of carbonyl (C=O) groups excluding carboxylic acids is 1. The summed E-state index contributed by atoms with van der Waals surface area (Å²) < 4.78 is 61.6. The van der Waals surface area contributed by atoms with E-state index in [4.69, 9.17) is 4.74 Å². The molecular weight excluding hydrogens is 438 g/mol. The molecule has 1 aromatic heterocycles. The standard InChI is InChI=1S/C24H19F4N3O2/c1-14(2)33-17-11-12-21-20(13-17)30-23(24(26,27)28)31(21)16-9-7-15(8-10-16)29-22(32)18-5-3-4-6-19(18)25/h3-14H,1-2H3,(H,29,32). The molecule has 0 atom stereocenters. The number of nitrogens with zero attached hydrogens (tertiary/aromatic N) is 2. The molecule has 0 unspecified atom stereocenters. The zero-order chi connectivity index (χ0) is 23.8. The molecule has 0 aliphatic rings. The van der Waals surface area contributed by atoms with Crippen LogP contribution >= 0.6 is 0 Å². The van der Waals surface area contributed by atoms with E-state index in [0.29, 0.717) is 11.4 Å². The molecule has 0 fully saturated rings. The van der Waals surface area contributed by atoms with Gasteiger partial charge in [-0.05, 0) is 62.4 Å². The monoisotopic (exact) mass is 457 g/mol. The number of fused-ring (bicyclic) bond motifs is 1. The molecule has 0 saturated heterocycles. The van der Waals surface area contributed by atoms with Crippen molar-refractivity contribution in [2.75, 3.05) is 5.32 Å². The predicted molar refractivity (Wildman–Crippen MR) is 116 cm³/mol. The summed E-state index contributed by atoms with van der Waals surface area (Å²) in [5.41, 5.74) is 0.754. The Bertz CT molecular complexity index is 1310. The fourth-order valence-corrected chi connectivity index (χ4v) is 3.39. The molecule has 4 aromatic rings. The van der Waals surface area contributed by atoms with Gasteiger partial charge in [-0.3, -0.25) is 9.36 Å². The number of nitrogens with one attached hydrogen (secondary N) is 1. The van der Waals surface area contributed by atoms with E-state index in [2.05, 4.69) is 10.3 Å². The molecule has 0 aliphatic carbocycles. The first-order valence-corrected chi connectivity index (χ1v) is 10.1. The van der Waals surface area contributed by atoms with Crippen LogP contribution in [0.5, 0.6) is 5.75 Å². The number of ether oxygens (including phenoxy) is 1. The Morgan fingerprint density at radius 3 is 2.36 bits per heavy atom. The fraction of sp³-hybridized carbons (Fsp3) is 0.167. The van der Waals surface area contributed by atoms with Crippen molar-refractivity contribution in [1.29, 1.82) is 0 Å². The van der Waals surface area contributed by atoms with Crippen LogP contribution in [0, 0.1) is 5.82 Å². The average Bonchev–Trinajstić information content (AvgIpc) is 3.13. The molecule has 0 aliphatic heterocycles. The highest BCUT2D eigenvalue weighted by Gasteiger charge is 2.38. The highest BCUT2D eigenvalue weighted by Crippen LogP contribution is 2.35. The molecule has 5 nitrogen and oxygen atoms in total. The molecule has 0 saturated carbocycles. The number of hydrogen-bond acceptors (Lipinski definition) is 3. The van der Waals surface area contributed by atoms with Crippen LogP contribution in [0.1, 0.15) is 30.0 Å². The minimum atomic E-state index is -4.70. The van der Waals surface area contributed by atoms with Crippen molar-refractivity contribution in [3.05, 3.63) is 83.9 Å². The van der Waals surface area contributed by atoms with Gasteiger partial charge in [-0.15, -0.1) is 0 Å². The summed E-state index contributed by atoms with van der Waals surface area (Å²) in [4.78, 5) is 16.1. The second-order valence-corrected chi connectivity index (χ2v) is 7.57. The molecule has 1 N–H and O–H groups in total. The smallest absolute Gasteiger partial charge is 0.450 e. The lowest BCUT2D eigenvalue weighted by Gasteiger charge is -2.13. The predicted octanol–water partition coefficient (Wildman–Crippen LogP) is 6.22. The molecule has 0 spiro atoms. The van der Waals surface area contributed by atoms with Crippen molar-refractivity contribution in [3.8, 4) is 11.4 Å². The SMILES string of the molecule is CC(C)Oc1ccc2c(c1)nc(C(F)(F)F)n2-c1ccc(NC(=O)c2ccccc2F)cc1. The maximum Gasteiger partial charge on any atom is 0.450 e. The molecule has 4 rings (SSSR count). The number of imidazole rings is 1. The first-order valence-electron chi connectivity index (χ1n) is 10.1. The third kappa shape index (κ3) is 4.67. The summed E-state index contributed by atoms with van der Waals surface area (Å²) in [7, 11) is 0. The summed E-state index contributed by atoms with van der Waals surface area (Å²) >= 11 is 0. The van der Waals surface area contributed by atoms with E-state index >= 15 is 0 Å². The summed E-state index contributed by atoms with van der Waals surface area (Å²) in [6.07, 6.45) is -4.84. The van der Waals surface area contributed by atoms with Crippen molar-refractivity contribution in [3.63, 3.8) is 0 Å². The number of anilines is 1. The Hall–Kier alpha value is -3.88. The zero-order valence-electron chi connectivity index (χ0n) is 17.7. The van der Waals surface area contributed by atoms with Gasteiger partial charge in [-0.1, -0.05) is 12.1 Å². The van der Waals surface area contributed by atoms with E-state index in [-0.39, 0.29) is 28.4 Å². The van der Waals surface area contributed by atoms with Gasteiger partial charge in [0, 0.05) is 17.4 Å². The lowest BCUT2D eigenvalue weighted by atomic mass is 10.2. The number of rotatable bonds is 5. The maximum absolute atomic E-state index is 13.8. The van der Waals surface area contributed by atoms with Crippen molar-refractivity contribution in [2.24, 2.45) is 0 Å². The number of aromatic nitrogens is 2. The number of carbonyl (C=O) groups is 1. The van der Waals surface area contributed by atoms with Gasteiger partial charge in [-0.2, -0.15) is 13.2 Å². The largest absolute Gasteiger partial charge is 0.491 e. The molecule has 170 valence electrons. The number of amides is 1. The third-order valence-corrected chi connectivity index (χ3v) is 4.75. The molecule has 1 amide bonds. The van der Waals surface area contributed by atoms with Gasteiger partial charge in [0.1, 0.15) is 11.6 Å². The maximum atomic E-state index is 13.8. The Labute approximate surface area is 186 Å². The Morgan fingerprint density at radius 2 is 1.73 bits per heavy atom. The first-order chi connectivity index (χ1) is 15.6. The summed E-state index contributed by atoms with van der Waals surface area (Å²) in [5.74, 6) is -2.00. The highest BCUT2D eigenvalue weighted by molar-refractivity contribution is 6.04. The van der Waals surface area contributed by atoms with Crippen molar-refractivity contribution in [1.82, 2.24) is 9.55 Å². The molecule has 1 heterocycles. The Kier molecular flexibility index (Phi) is 5.80. The minimum Gasteiger partial charge on any atom is -0.491 e. The average molecular weight is 457 g/mol. The number of benzene rings is 3. The number of halogens is 4. The van der Waals surface area contributed by atoms with E-state index in [0.717, 1.165) is 4.57 Å². The van der Waals surface area contributed by atoms with E-state index < -0.39 is 23.7 Å². The van der Waals surface area contributed by atoms with Crippen molar-refractivity contribution < 1.29 is 27.1 Å². The van der Waals surface area contributed by atoms with E-state index in [9.17, 15) is 22.4 Å². The van der Waals surface area contributed by atoms with Crippen LogP contribution in [0.25, 0.3) is 16.7 Å². The lowest BCUT2D eigenvalue weighted by molar-refractivity contribution is -0.145.